The third kappa shape index (κ3) is 3.55. The predicted octanol–water partition coefficient (Wildman–Crippen LogP) is 2.63. The van der Waals surface area contributed by atoms with Crippen molar-refractivity contribution in [2.24, 2.45) is 4.99 Å². The van der Waals surface area contributed by atoms with Gasteiger partial charge in [0.25, 0.3) is 0 Å². The summed E-state index contributed by atoms with van der Waals surface area (Å²) in [5, 5.41) is 4.47. The van der Waals surface area contributed by atoms with E-state index in [1.165, 1.54) is 0 Å². The summed E-state index contributed by atoms with van der Waals surface area (Å²) in [6, 6.07) is 5.74. The summed E-state index contributed by atoms with van der Waals surface area (Å²) in [5.74, 6) is 1.47. The SMILES string of the molecule is Cl.ClCC1CN=C(Nc2ccccn2)S1. The molecule has 0 radical (unpaired) electrons. The maximum absolute atomic E-state index is 5.74. The second kappa shape index (κ2) is 6.20. The fourth-order valence-corrected chi connectivity index (χ4v) is 2.24. The highest BCUT2D eigenvalue weighted by Gasteiger charge is 2.18. The first kappa shape index (κ1) is 12.6. The molecular weight excluding hydrogens is 253 g/mol. The van der Waals surface area contributed by atoms with Gasteiger partial charge in [-0.3, -0.25) is 4.99 Å². The van der Waals surface area contributed by atoms with E-state index in [4.69, 9.17) is 11.6 Å². The lowest BCUT2D eigenvalue weighted by Crippen LogP contribution is -2.09. The number of nitrogens with one attached hydrogen (secondary N) is 1. The molecule has 1 unspecified atom stereocenters. The minimum atomic E-state index is 0. The summed E-state index contributed by atoms with van der Waals surface area (Å²) < 4.78 is 0. The molecule has 0 fully saturated rings. The Morgan fingerprint density at radius 1 is 1.53 bits per heavy atom. The van der Waals surface area contributed by atoms with E-state index in [0.29, 0.717) is 11.1 Å². The molecule has 1 aromatic rings. The van der Waals surface area contributed by atoms with Crippen molar-refractivity contribution in [1.29, 1.82) is 0 Å². The topological polar surface area (TPSA) is 37.3 Å². The molecule has 2 rings (SSSR count). The summed E-state index contributed by atoms with van der Waals surface area (Å²) in [6.07, 6.45) is 1.75. The molecule has 82 valence electrons. The van der Waals surface area contributed by atoms with E-state index in [1.807, 2.05) is 18.2 Å². The molecule has 0 saturated heterocycles. The number of rotatable bonds is 2. The van der Waals surface area contributed by atoms with Crippen LogP contribution < -0.4 is 5.32 Å². The zero-order valence-electron chi connectivity index (χ0n) is 7.89. The van der Waals surface area contributed by atoms with E-state index in [-0.39, 0.29) is 12.4 Å². The normalized spacial score (nSPS) is 19.3. The van der Waals surface area contributed by atoms with Crippen LogP contribution in [0.5, 0.6) is 0 Å². The van der Waals surface area contributed by atoms with Crippen molar-refractivity contribution >= 4 is 46.8 Å². The minimum Gasteiger partial charge on any atom is -0.320 e. The van der Waals surface area contributed by atoms with E-state index < -0.39 is 0 Å². The number of halogens is 2. The van der Waals surface area contributed by atoms with Crippen molar-refractivity contribution < 1.29 is 0 Å². The molecule has 0 aliphatic carbocycles. The number of amidine groups is 1. The van der Waals surface area contributed by atoms with Gasteiger partial charge in [-0.2, -0.15) is 0 Å². The van der Waals surface area contributed by atoms with Crippen molar-refractivity contribution in [3.8, 4) is 0 Å². The van der Waals surface area contributed by atoms with Crippen molar-refractivity contribution in [3.63, 3.8) is 0 Å². The predicted molar refractivity (Wildman–Crippen MR) is 69.5 cm³/mol. The van der Waals surface area contributed by atoms with Gasteiger partial charge in [0, 0.05) is 17.3 Å². The molecule has 0 aromatic carbocycles. The van der Waals surface area contributed by atoms with Gasteiger partial charge in [-0.15, -0.1) is 24.0 Å². The summed E-state index contributed by atoms with van der Waals surface area (Å²) in [7, 11) is 0. The standard InChI is InChI=1S/C9H10ClN3S.ClH/c10-5-7-6-12-9(14-7)13-8-3-1-2-4-11-8;/h1-4,7H,5-6H2,(H,11,12,13);1H. The molecule has 1 aliphatic heterocycles. The molecule has 1 atom stereocenters. The van der Waals surface area contributed by atoms with Gasteiger partial charge < -0.3 is 5.32 Å². The fraction of sp³-hybridized carbons (Fsp3) is 0.333. The molecular formula is C9H11Cl2N3S. The molecule has 0 amide bonds. The minimum absolute atomic E-state index is 0. The van der Waals surface area contributed by atoms with E-state index in [1.54, 1.807) is 18.0 Å². The molecule has 1 aromatic heterocycles. The van der Waals surface area contributed by atoms with Gasteiger partial charge in [-0.25, -0.2) is 4.98 Å². The quantitative estimate of drug-likeness (QED) is 0.834. The average Bonchev–Trinajstić information content (AvgIpc) is 2.67. The largest absolute Gasteiger partial charge is 0.320 e. The van der Waals surface area contributed by atoms with Crippen LogP contribution in [0.1, 0.15) is 0 Å². The smallest absolute Gasteiger partial charge is 0.162 e. The molecule has 1 aliphatic rings. The fourth-order valence-electron chi connectivity index (χ4n) is 1.11. The third-order valence-electron chi connectivity index (χ3n) is 1.79. The lowest BCUT2D eigenvalue weighted by Gasteiger charge is -2.04. The van der Waals surface area contributed by atoms with Gasteiger partial charge >= 0.3 is 0 Å². The van der Waals surface area contributed by atoms with Crippen LogP contribution in [-0.2, 0) is 0 Å². The van der Waals surface area contributed by atoms with Crippen molar-refractivity contribution in [2.45, 2.75) is 5.25 Å². The van der Waals surface area contributed by atoms with Crippen molar-refractivity contribution in [3.05, 3.63) is 24.4 Å². The summed E-state index contributed by atoms with van der Waals surface area (Å²) in [6.45, 7) is 0.795. The van der Waals surface area contributed by atoms with Crippen molar-refractivity contribution in [2.75, 3.05) is 17.7 Å². The maximum Gasteiger partial charge on any atom is 0.162 e. The first-order valence-electron chi connectivity index (χ1n) is 4.33. The van der Waals surface area contributed by atoms with Gasteiger partial charge in [0.05, 0.1) is 6.54 Å². The number of nitrogens with zero attached hydrogens (tertiary/aromatic N) is 2. The van der Waals surface area contributed by atoms with Crippen LogP contribution in [0.3, 0.4) is 0 Å². The zero-order valence-corrected chi connectivity index (χ0v) is 10.3. The third-order valence-corrected chi connectivity index (χ3v) is 3.45. The van der Waals surface area contributed by atoms with Crippen molar-refractivity contribution in [1.82, 2.24) is 4.98 Å². The number of hydrogen-bond acceptors (Lipinski definition) is 4. The van der Waals surface area contributed by atoms with Gasteiger partial charge in [0.1, 0.15) is 5.82 Å². The lowest BCUT2D eigenvalue weighted by atomic mass is 10.5. The van der Waals surface area contributed by atoms with Gasteiger partial charge in [0.15, 0.2) is 5.17 Å². The number of thioether (sulfide) groups is 1. The summed E-state index contributed by atoms with van der Waals surface area (Å²) >= 11 is 7.41. The average molecular weight is 264 g/mol. The van der Waals surface area contributed by atoms with Crippen LogP contribution >= 0.6 is 35.8 Å². The highest BCUT2D eigenvalue weighted by molar-refractivity contribution is 8.15. The van der Waals surface area contributed by atoms with Crippen LogP contribution in [0, 0.1) is 0 Å². The summed E-state index contributed by atoms with van der Waals surface area (Å²) in [5.41, 5.74) is 0. The molecule has 3 nitrogen and oxygen atoms in total. The monoisotopic (exact) mass is 263 g/mol. The number of aliphatic imine (C=N–C) groups is 1. The summed E-state index contributed by atoms with van der Waals surface area (Å²) in [4.78, 5) is 8.48. The highest BCUT2D eigenvalue weighted by atomic mass is 35.5. The van der Waals surface area contributed by atoms with Gasteiger partial charge in [-0.05, 0) is 12.1 Å². The Hall–Kier alpha value is -0.450. The maximum atomic E-state index is 5.74. The number of hydrogen-bond donors (Lipinski definition) is 1. The number of aromatic nitrogens is 1. The van der Waals surface area contributed by atoms with Crippen LogP contribution in [0.25, 0.3) is 0 Å². The second-order valence-corrected chi connectivity index (χ2v) is 4.48. The van der Waals surface area contributed by atoms with Gasteiger partial charge in [0.2, 0.25) is 0 Å². The van der Waals surface area contributed by atoms with E-state index in [9.17, 15) is 0 Å². The zero-order chi connectivity index (χ0) is 9.80. The van der Waals surface area contributed by atoms with Crippen LogP contribution in [0.15, 0.2) is 29.4 Å². The van der Waals surface area contributed by atoms with E-state index >= 15 is 0 Å². The Morgan fingerprint density at radius 3 is 3.00 bits per heavy atom. The van der Waals surface area contributed by atoms with E-state index in [2.05, 4.69) is 15.3 Å². The Labute approximate surface area is 104 Å². The number of alkyl halides is 1. The molecule has 15 heavy (non-hydrogen) atoms. The molecule has 0 bridgehead atoms. The van der Waals surface area contributed by atoms with Crippen LogP contribution in [-0.4, -0.2) is 27.8 Å². The Balaban J connectivity index is 0.00000112. The molecule has 0 saturated carbocycles. The van der Waals surface area contributed by atoms with E-state index in [0.717, 1.165) is 17.5 Å². The first-order chi connectivity index (χ1) is 6.88. The molecule has 6 heteroatoms. The molecule has 2 heterocycles. The highest BCUT2D eigenvalue weighted by Crippen LogP contribution is 2.22. The van der Waals surface area contributed by atoms with Crippen LogP contribution in [0.4, 0.5) is 5.82 Å². The van der Waals surface area contributed by atoms with Crippen LogP contribution in [0.2, 0.25) is 0 Å². The Morgan fingerprint density at radius 2 is 2.40 bits per heavy atom. The molecule has 0 spiro atoms. The number of pyridine rings is 1. The Kier molecular flexibility index (Phi) is 5.22. The Bertz CT molecular complexity index is 331. The lowest BCUT2D eigenvalue weighted by molar-refractivity contribution is 0.982. The molecule has 1 N–H and O–H groups in total. The second-order valence-electron chi connectivity index (χ2n) is 2.88. The van der Waals surface area contributed by atoms with Gasteiger partial charge in [-0.1, -0.05) is 17.8 Å². The first-order valence-corrected chi connectivity index (χ1v) is 5.75. The number of anilines is 1.